The van der Waals surface area contributed by atoms with Crippen LogP contribution in [-0.4, -0.2) is 5.11 Å². The Hall–Kier alpha value is -1.15. The predicted molar refractivity (Wildman–Crippen MR) is 60.0 cm³/mol. The third kappa shape index (κ3) is 2.66. The number of hydrogen-bond donors (Lipinski definition) is 1. The second-order valence-corrected chi connectivity index (χ2v) is 3.98. The Morgan fingerprint density at radius 2 is 2.00 bits per heavy atom. The Balaban J connectivity index is 3.23. The Morgan fingerprint density at radius 3 is 2.47 bits per heavy atom. The highest BCUT2D eigenvalue weighted by molar-refractivity contribution is 5.29. The van der Waals surface area contributed by atoms with Crippen LogP contribution in [0.4, 0.5) is 4.39 Å². The maximum Gasteiger partial charge on any atom is 0.129 e. The van der Waals surface area contributed by atoms with Crippen LogP contribution in [0.15, 0.2) is 35.9 Å². The molecule has 1 atom stereocenters. The van der Waals surface area contributed by atoms with Gasteiger partial charge in [-0.15, -0.1) is 0 Å². The summed E-state index contributed by atoms with van der Waals surface area (Å²) in [6.45, 7) is 5.62. The first kappa shape index (κ1) is 11.9. The molecule has 0 radical (unpaired) electrons. The SMILES string of the molecule is CCC(O)(C=C(C)C)c1ccccc1F. The third-order valence-electron chi connectivity index (χ3n) is 2.41. The second-order valence-electron chi connectivity index (χ2n) is 3.98. The standard InChI is InChI=1S/C13H17FO/c1-4-13(15,9-10(2)3)11-7-5-6-8-12(11)14/h5-9,15H,4H2,1-3H3. The van der Waals surface area contributed by atoms with Crippen molar-refractivity contribution in [1.82, 2.24) is 0 Å². The van der Waals surface area contributed by atoms with Crippen LogP contribution in [0.5, 0.6) is 0 Å². The summed E-state index contributed by atoms with van der Waals surface area (Å²) in [5.41, 5.74) is 0.126. The molecular weight excluding hydrogens is 191 g/mol. The molecule has 0 aliphatic carbocycles. The maximum atomic E-state index is 13.5. The molecule has 1 unspecified atom stereocenters. The van der Waals surface area contributed by atoms with Gasteiger partial charge in [0.05, 0.1) is 0 Å². The molecule has 1 aromatic carbocycles. The van der Waals surface area contributed by atoms with Gasteiger partial charge in [0.2, 0.25) is 0 Å². The number of rotatable bonds is 3. The van der Waals surface area contributed by atoms with Crippen LogP contribution in [-0.2, 0) is 5.60 Å². The van der Waals surface area contributed by atoms with E-state index in [4.69, 9.17) is 0 Å². The van der Waals surface area contributed by atoms with Crippen LogP contribution in [0.3, 0.4) is 0 Å². The number of hydrogen-bond acceptors (Lipinski definition) is 1. The summed E-state index contributed by atoms with van der Waals surface area (Å²) in [6, 6.07) is 6.35. The molecule has 0 amide bonds. The molecule has 1 N–H and O–H groups in total. The van der Waals surface area contributed by atoms with Gasteiger partial charge in [-0.3, -0.25) is 0 Å². The molecule has 0 spiro atoms. The van der Waals surface area contributed by atoms with Gasteiger partial charge < -0.3 is 5.11 Å². The highest BCUT2D eigenvalue weighted by atomic mass is 19.1. The minimum absolute atomic E-state index is 0.341. The summed E-state index contributed by atoms with van der Waals surface area (Å²) < 4.78 is 13.5. The van der Waals surface area contributed by atoms with E-state index in [0.717, 1.165) is 5.57 Å². The van der Waals surface area contributed by atoms with E-state index in [0.29, 0.717) is 12.0 Å². The number of benzene rings is 1. The first-order chi connectivity index (χ1) is 6.99. The molecule has 1 aromatic rings. The highest BCUT2D eigenvalue weighted by Crippen LogP contribution is 2.29. The van der Waals surface area contributed by atoms with Crippen molar-refractivity contribution in [3.05, 3.63) is 47.3 Å². The topological polar surface area (TPSA) is 20.2 Å². The molecule has 15 heavy (non-hydrogen) atoms. The quantitative estimate of drug-likeness (QED) is 0.755. The van der Waals surface area contributed by atoms with Crippen LogP contribution in [0, 0.1) is 5.82 Å². The average Bonchev–Trinajstić information content (AvgIpc) is 2.17. The van der Waals surface area contributed by atoms with Crippen molar-refractivity contribution in [3.8, 4) is 0 Å². The van der Waals surface area contributed by atoms with Gasteiger partial charge >= 0.3 is 0 Å². The lowest BCUT2D eigenvalue weighted by atomic mass is 9.89. The number of aliphatic hydroxyl groups is 1. The van der Waals surface area contributed by atoms with Crippen LogP contribution in [0.25, 0.3) is 0 Å². The van der Waals surface area contributed by atoms with E-state index in [1.807, 2.05) is 20.8 Å². The fraction of sp³-hybridized carbons (Fsp3) is 0.385. The molecule has 0 aliphatic heterocycles. The molecule has 2 heteroatoms. The molecule has 1 rings (SSSR count). The zero-order valence-electron chi connectivity index (χ0n) is 9.42. The summed E-state index contributed by atoms with van der Waals surface area (Å²) in [5, 5.41) is 10.3. The van der Waals surface area contributed by atoms with Crippen molar-refractivity contribution in [2.24, 2.45) is 0 Å². The molecule has 0 heterocycles. The molecule has 0 saturated heterocycles. The van der Waals surface area contributed by atoms with E-state index in [-0.39, 0.29) is 5.82 Å². The lowest BCUT2D eigenvalue weighted by Crippen LogP contribution is -2.23. The largest absolute Gasteiger partial charge is 0.381 e. The van der Waals surface area contributed by atoms with Crippen molar-refractivity contribution in [1.29, 1.82) is 0 Å². The first-order valence-corrected chi connectivity index (χ1v) is 5.13. The summed E-state index contributed by atoms with van der Waals surface area (Å²) >= 11 is 0. The molecule has 0 saturated carbocycles. The summed E-state index contributed by atoms with van der Waals surface area (Å²) in [5.74, 6) is -0.362. The van der Waals surface area contributed by atoms with Gasteiger partial charge in [0.15, 0.2) is 0 Å². The van der Waals surface area contributed by atoms with E-state index in [2.05, 4.69) is 0 Å². The van der Waals surface area contributed by atoms with Gasteiger partial charge in [-0.05, 0) is 32.4 Å². The van der Waals surface area contributed by atoms with Gasteiger partial charge in [-0.25, -0.2) is 4.39 Å². The summed E-state index contributed by atoms with van der Waals surface area (Å²) in [7, 11) is 0. The van der Waals surface area contributed by atoms with Gasteiger partial charge in [0.1, 0.15) is 11.4 Å². The van der Waals surface area contributed by atoms with E-state index in [1.165, 1.54) is 6.07 Å². The van der Waals surface area contributed by atoms with Crippen LogP contribution >= 0.6 is 0 Å². The third-order valence-corrected chi connectivity index (χ3v) is 2.41. The van der Waals surface area contributed by atoms with Gasteiger partial charge in [-0.1, -0.05) is 30.7 Å². The Kier molecular flexibility index (Phi) is 3.64. The lowest BCUT2D eigenvalue weighted by molar-refractivity contribution is 0.0803. The van der Waals surface area contributed by atoms with Crippen molar-refractivity contribution < 1.29 is 9.50 Å². The first-order valence-electron chi connectivity index (χ1n) is 5.13. The van der Waals surface area contributed by atoms with Gasteiger partial charge in [-0.2, -0.15) is 0 Å². The second kappa shape index (κ2) is 4.58. The minimum atomic E-state index is -1.19. The Morgan fingerprint density at radius 1 is 1.40 bits per heavy atom. The van der Waals surface area contributed by atoms with E-state index in [1.54, 1.807) is 24.3 Å². The van der Waals surface area contributed by atoms with E-state index >= 15 is 0 Å². The fourth-order valence-electron chi connectivity index (χ4n) is 1.66. The monoisotopic (exact) mass is 208 g/mol. The normalized spacial score (nSPS) is 14.5. The lowest BCUT2D eigenvalue weighted by Gasteiger charge is -2.24. The van der Waals surface area contributed by atoms with Crippen molar-refractivity contribution in [3.63, 3.8) is 0 Å². The molecule has 1 nitrogen and oxygen atoms in total. The molecule has 0 aromatic heterocycles. The van der Waals surface area contributed by atoms with Crippen molar-refractivity contribution >= 4 is 0 Å². The molecular formula is C13H17FO. The number of allylic oxidation sites excluding steroid dienone is 1. The zero-order valence-corrected chi connectivity index (χ0v) is 9.42. The van der Waals surface area contributed by atoms with Gasteiger partial charge in [0.25, 0.3) is 0 Å². The zero-order chi connectivity index (χ0) is 11.5. The van der Waals surface area contributed by atoms with Gasteiger partial charge in [0, 0.05) is 5.56 Å². The van der Waals surface area contributed by atoms with Crippen LogP contribution < -0.4 is 0 Å². The predicted octanol–water partition coefficient (Wildman–Crippen LogP) is 3.39. The maximum absolute atomic E-state index is 13.5. The summed E-state index contributed by atoms with van der Waals surface area (Å²) in [4.78, 5) is 0. The minimum Gasteiger partial charge on any atom is -0.381 e. The van der Waals surface area contributed by atoms with E-state index in [9.17, 15) is 9.50 Å². The highest BCUT2D eigenvalue weighted by Gasteiger charge is 2.26. The van der Waals surface area contributed by atoms with E-state index < -0.39 is 5.60 Å². The fourth-order valence-corrected chi connectivity index (χ4v) is 1.66. The Bertz CT molecular complexity index is 367. The average molecular weight is 208 g/mol. The number of halogens is 1. The Labute approximate surface area is 90.3 Å². The van der Waals surface area contributed by atoms with Crippen LogP contribution in [0.2, 0.25) is 0 Å². The van der Waals surface area contributed by atoms with Crippen molar-refractivity contribution in [2.45, 2.75) is 32.8 Å². The molecule has 0 bridgehead atoms. The van der Waals surface area contributed by atoms with Crippen LogP contribution in [0.1, 0.15) is 32.8 Å². The van der Waals surface area contributed by atoms with Crippen molar-refractivity contribution in [2.75, 3.05) is 0 Å². The smallest absolute Gasteiger partial charge is 0.129 e. The molecule has 0 aliphatic rings. The molecule has 82 valence electrons. The molecule has 0 fully saturated rings. The summed E-state index contributed by atoms with van der Waals surface area (Å²) in [6.07, 6.45) is 2.16.